The third kappa shape index (κ3) is 1.16. The molecule has 1 aliphatic rings. The van der Waals surface area contributed by atoms with E-state index in [2.05, 4.69) is 4.74 Å². The highest BCUT2D eigenvalue weighted by Crippen LogP contribution is 2.32. The number of hydrogen-bond acceptors (Lipinski definition) is 4. The van der Waals surface area contributed by atoms with Gasteiger partial charge in [0.25, 0.3) is 12.4 Å². The highest BCUT2D eigenvalue weighted by molar-refractivity contribution is 5.85. The van der Waals surface area contributed by atoms with Crippen LogP contribution in [0.2, 0.25) is 0 Å². The molecule has 1 amide bonds. The second kappa shape index (κ2) is 3.10. The van der Waals surface area contributed by atoms with Crippen LogP contribution in [0.25, 0.3) is 0 Å². The van der Waals surface area contributed by atoms with Gasteiger partial charge in [0.15, 0.2) is 0 Å². The zero-order valence-electron chi connectivity index (χ0n) is 6.53. The number of hydrogen-bond donors (Lipinski definition) is 2. The molecule has 5 heteroatoms. The van der Waals surface area contributed by atoms with Crippen LogP contribution in [0.4, 0.5) is 0 Å². The fourth-order valence-corrected chi connectivity index (χ4v) is 1.53. The van der Waals surface area contributed by atoms with Gasteiger partial charge in [0.05, 0.1) is 0 Å². The molecular weight excluding hydrogens is 162 g/mol. The SMILES string of the molecule is NC(=O)C1(OC=O)CCCC1O. The van der Waals surface area contributed by atoms with Crippen LogP contribution in [0, 0.1) is 0 Å². The van der Waals surface area contributed by atoms with Gasteiger partial charge in [-0.2, -0.15) is 0 Å². The lowest BCUT2D eigenvalue weighted by molar-refractivity contribution is -0.165. The van der Waals surface area contributed by atoms with Crippen molar-refractivity contribution in [3.05, 3.63) is 0 Å². The van der Waals surface area contributed by atoms with Gasteiger partial charge < -0.3 is 15.6 Å². The lowest BCUT2D eigenvalue weighted by atomic mass is 9.99. The van der Waals surface area contributed by atoms with Crippen molar-refractivity contribution < 1.29 is 19.4 Å². The maximum atomic E-state index is 10.9. The minimum absolute atomic E-state index is 0.152. The Labute approximate surface area is 69.5 Å². The van der Waals surface area contributed by atoms with Crippen LogP contribution >= 0.6 is 0 Å². The number of carbonyl (C=O) groups is 2. The van der Waals surface area contributed by atoms with Gasteiger partial charge in [-0.15, -0.1) is 0 Å². The first-order valence-corrected chi connectivity index (χ1v) is 3.73. The van der Waals surface area contributed by atoms with Crippen LogP contribution in [0.5, 0.6) is 0 Å². The van der Waals surface area contributed by atoms with Crippen molar-refractivity contribution in [3.63, 3.8) is 0 Å². The van der Waals surface area contributed by atoms with E-state index in [-0.39, 0.29) is 6.47 Å². The van der Waals surface area contributed by atoms with Crippen molar-refractivity contribution in [2.24, 2.45) is 5.73 Å². The summed E-state index contributed by atoms with van der Waals surface area (Å²) >= 11 is 0. The Balaban J connectivity index is 2.84. The van der Waals surface area contributed by atoms with Crippen molar-refractivity contribution in [1.82, 2.24) is 0 Å². The Morgan fingerprint density at radius 1 is 1.75 bits per heavy atom. The van der Waals surface area contributed by atoms with E-state index in [1.165, 1.54) is 0 Å². The van der Waals surface area contributed by atoms with Gasteiger partial charge >= 0.3 is 0 Å². The zero-order valence-corrected chi connectivity index (χ0v) is 6.53. The van der Waals surface area contributed by atoms with Gasteiger partial charge in [-0.3, -0.25) is 9.59 Å². The van der Waals surface area contributed by atoms with E-state index in [9.17, 15) is 14.7 Å². The quantitative estimate of drug-likeness (QED) is 0.531. The number of aliphatic hydroxyl groups excluding tert-OH is 1. The Bertz CT molecular complexity index is 206. The number of primary amides is 1. The topological polar surface area (TPSA) is 89.6 Å². The molecule has 0 aliphatic heterocycles. The molecule has 0 aromatic heterocycles. The van der Waals surface area contributed by atoms with Crippen LogP contribution in [-0.4, -0.2) is 29.2 Å². The Morgan fingerprint density at radius 2 is 2.42 bits per heavy atom. The van der Waals surface area contributed by atoms with Crippen molar-refractivity contribution in [3.8, 4) is 0 Å². The first kappa shape index (κ1) is 8.99. The lowest BCUT2D eigenvalue weighted by Gasteiger charge is -2.26. The summed E-state index contributed by atoms with van der Waals surface area (Å²) in [4.78, 5) is 21.0. The number of aliphatic hydroxyl groups is 1. The molecule has 0 heterocycles. The van der Waals surface area contributed by atoms with E-state index in [4.69, 9.17) is 5.73 Å². The summed E-state index contributed by atoms with van der Waals surface area (Å²) in [6, 6.07) is 0. The third-order valence-corrected chi connectivity index (χ3v) is 2.24. The maximum Gasteiger partial charge on any atom is 0.294 e. The number of carbonyl (C=O) groups excluding carboxylic acids is 2. The highest BCUT2D eigenvalue weighted by atomic mass is 16.6. The van der Waals surface area contributed by atoms with Crippen LogP contribution in [-0.2, 0) is 14.3 Å². The van der Waals surface area contributed by atoms with E-state index in [1.54, 1.807) is 0 Å². The summed E-state index contributed by atoms with van der Waals surface area (Å²) in [6.45, 7) is 0.152. The molecule has 2 atom stereocenters. The van der Waals surface area contributed by atoms with Crippen molar-refractivity contribution >= 4 is 12.4 Å². The summed E-state index contributed by atoms with van der Waals surface area (Å²) < 4.78 is 4.56. The fraction of sp³-hybridized carbons (Fsp3) is 0.714. The molecule has 0 aromatic rings. The molecule has 1 aliphatic carbocycles. The molecule has 0 saturated heterocycles. The van der Waals surface area contributed by atoms with Crippen LogP contribution in [0.3, 0.4) is 0 Å². The first-order valence-electron chi connectivity index (χ1n) is 3.73. The Kier molecular flexibility index (Phi) is 2.32. The molecule has 3 N–H and O–H groups in total. The fourth-order valence-electron chi connectivity index (χ4n) is 1.53. The molecule has 0 bridgehead atoms. The smallest absolute Gasteiger partial charge is 0.294 e. The molecule has 5 nitrogen and oxygen atoms in total. The van der Waals surface area contributed by atoms with Gasteiger partial charge in [0, 0.05) is 0 Å². The monoisotopic (exact) mass is 173 g/mol. The molecule has 1 saturated carbocycles. The first-order chi connectivity index (χ1) is 5.63. The molecule has 1 fully saturated rings. The van der Waals surface area contributed by atoms with E-state index >= 15 is 0 Å². The molecule has 2 unspecified atom stereocenters. The molecule has 0 radical (unpaired) electrons. The summed E-state index contributed by atoms with van der Waals surface area (Å²) in [5.41, 5.74) is 3.56. The standard InChI is InChI=1S/C7H11NO4/c8-6(11)7(12-4-9)3-1-2-5(7)10/h4-5,10H,1-3H2,(H2,8,11). The van der Waals surface area contributed by atoms with Crippen LogP contribution in [0.1, 0.15) is 19.3 Å². The number of rotatable bonds is 3. The molecule has 68 valence electrons. The minimum atomic E-state index is -1.47. The van der Waals surface area contributed by atoms with E-state index in [0.29, 0.717) is 19.3 Å². The number of nitrogens with two attached hydrogens (primary N) is 1. The number of ether oxygens (including phenoxy) is 1. The normalized spacial score (nSPS) is 34.6. The third-order valence-electron chi connectivity index (χ3n) is 2.24. The van der Waals surface area contributed by atoms with Crippen LogP contribution in [0.15, 0.2) is 0 Å². The summed E-state index contributed by atoms with van der Waals surface area (Å²) in [5.74, 6) is -0.778. The van der Waals surface area contributed by atoms with Crippen LogP contribution < -0.4 is 5.73 Å². The molecule has 0 aromatic carbocycles. The number of amides is 1. The Morgan fingerprint density at radius 3 is 2.75 bits per heavy atom. The van der Waals surface area contributed by atoms with Crippen molar-refractivity contribution in [1.29, 1.82) is 0 Å². The van der Waals surface area contributed by atoms with Gasteiger partial charge in [0.1, 0.15) is 6.10 Å². The Hall–Kier alpha value is -1.10. The summed E-state index contributed by atoms with van der Waals surface area (Å²) in [7, 11) is 0. The van der Waals surface area contributed by atoms with E-state index in [1.807, 2.05) is 0 Å². The molecule has 0 spiro atoms. The molecule has 12 heavy (non-hydrogen) atoms. The molecule has 1 rings (SSSR count). The maximum absolute atomic E-state index is 10.9. The predicted octanol–water partition coefficient (Wildman–Crippen LogP) is -1.07. The lowest BCUT2D eigenvalue weighted by Crippen LogP contribution is -2.51. The van der Waals surface area contributed by atoms with Gasteiger partial charge in [-0.25, -0.2) is 0 Å². The average Bonchev–Trinajstić information content (AvgIpc) is 2.34. The van der Waals surface area contributed by atoms with E-state index < -0.39 is 17.6 Å². The average molecular weight is 173 g/mol. The van der Waals surface area contributed by atoms with Gasteiger partial charge in [-0.1, -0.05) is 0 Å². The largest absolute Gasteiger partial charge is 0.448 e. The summed E-state index contributed by atoms with van der Waals surface area (Å²) in [5, 5.41) is 9.36. The van der Waals surface area contributed by atoms with Gasteiger partial charge in [0.2, 0.25) is 5.60 Å². The summed E-state index contributed by atoms with van der Waals surface area (Å²) in [6.07, 6.45) is 0.428. The minimum Gasteiger partial charge on any atom is -0.448 e. The molecular formula is C7H11NO4. The van der Waals surface area contributed by atoms with Crippen molar-refractivity contribution in [2.45, 2.75) is 31.0 Å². The second-order valence-corrected chi connectivity index (χ2v) is 2.88. The highest BCUT2D eigenvalue weighted by Gasteiger charge is 2.49. The van der Waals surface area contributed by atoms with E-state index in [0.717, 1.165) is 0 Å². The van der Waals surface area contributed by atoms with Crippen molar-refractivity contribution in [2.75, 3.05) is 0 Å². The van der Waals surface area contributed by atoms with Gasteiger partial charge in [-0.05, 0) is 19.3 Å². The second-order valence-electron chi connectivity index (χ2n) is 2.88. The zero-order chi connectivity index (χ0) is 9.19. The predicted molar refractivity (Wildman–Crippen MR) is 38.9 cm³/mol.